The number of carbonyl (C=O) groups excluding carboxylic acids is 1. The van der Waals surface area contributed by atoms with Gasteiger partial charge in [0.1, 0.15) is 11.4 Å². The molecule has 5 nitrogen and oxygen atoms in total. The molecule has 2 heterocycles. The lowest BCUT2D eigenvalue weighted by Gasteiger charge is -2.22. The Balaban J connectivity index is 1.46. The predicted molar refractivity (Wildman–Crippen MR) is 133 cm³/mol. The van der Waals surface area contributed by atoms with Crippen molar-refractivity contribution < 1.29 is 4.79 Å². The Bertz CT molecular complexity index is 1260. The number of amides is 1. The smallest absolute Gasteiger partial charge is 0.240 e. The Morgan fingerprint density at radius 1 is 0.879 bits per heavy atom. The zero-order valence-corrected chi connectivity index (χ0v) is 19.2. The maximum atomic E-state index is 13.4. The molecule has 1 aromatic heterocycles. The fraction of sp³-hybridized carbons (Fsp3) is 0.185. The van der Waals surface area contributed by atoms with Gasteiger partial charge in [0.05, 0.1) is 5.25 Å². The summed E-state index contributed by atoms with van der Waals surface area (Å²) in [6, 6.07) is 28.1. The standard InChI is InChI=1S/C27H24N4OS/c1-2-23(26(32)31-18-17-19-11-9-10-16-22(19)31)33-27-28-24(20-12-5-3-6-13-20)25(29-30-27)21-14-7-4-8-15-21/h3-16,23H,2,17-18H2,1H3. The number of anilines is 1. The van der Waals surface area contributed by atoms with Gasteiger partial charge in [0.2, 0.25) is 11.1 Å². The van der Waals surface area contributed by atoms with E-state index in [1.165, 1.54) is 17.3 Å². The van der Waals surface area contributed by atoms with Crippen molar-refractivity contribution in [1.82, 2.24) is 15.2 Å². The summed E-state index contributed by atoms with van der Waals surface area (Å²) in [5.74, 6) is 0.101. The van der Waals surface area contributed by atoms with Crippen molar-refractivity contribution in [2.45, 2.75) is 30.2 Å². The van der Waals surface area contributed by atoms with E-state index in [-0.39, 0.29) is 11.2 Å². The Labute approximate surface area is 197 Å². The van der Waals surface area contributed by atoms with Gasteiger partial charge in [-0.25, -0.2) is 4.98 Å². The first-order valence-corrected chi connectivity index (χ1v) is 12.0. The van der Waals surface area contributed by atoms with E-state index in [9.17, 15) is 4.79 Å². The molecule has 0 radical (unpaired) electrons. The summed E-state index contributed by atoms with van der Waals surface area (Å²) < 4.78 is 0. The number of aromatic nitrogens is 3. The maximum absolute atomic E-state index is 13.4. The Hall–Kier alpha value is -3.51. The summed E-state index contributed by atoms with van der Waals surface area (Å²) in [5.41, 5.74) is 5.69. The Morgan fingerprint density at radius 2 is 1.52 bits per heavy atom. The minimum atomic E-state index is -0.274. The van der Waals surface area contributed by atoms with Crippen molar-refractivity contribution in [1.29, 1.82) is 0 Å². The average molecular weight is 453 g/mol. The minimum absolute atomic E-state index is 0.101. The highest BCUT2D eigenvalue weighted by Crippen LogP contribution is 2.34. The van der Waals surface area contributed by atoms with Crippen molar-refractivity contribution in [3.8, 4) is 22.5 Å². The zero-order valence-electron chi connectivity index (χ0n) is 18.4. The molecule has 1 atom stereocenters. The molecule has 1 amide bonds. The number of rotatable bonds is 6. The lowest BCUT2D eigenvalue weighted by molar-refractivity contribution is -0.118. The molecule has 1 unspecified atom stereocenters. The van der Waals surface area contributed by atoms with Gasteiger partial charge in [0.25, 0.3) is 0 Å². The quantitative estimate of drug-likeness (QED) is 0.353. The van der Waals surface area contributed by atoms with E-state index in [0.29, 0.717) is 11.6 Å². The number of fused-ring (bicyclic) bond motifs is 1. The average Bonchev–Trinajstić information content (AvgIpc) is 3.32. The third kappa shape index (κ3) is 4.39. The molecule has 164 valence electrons. The fourth-order valence-corrected chi connectivity index (χ4v) is 5.01. The van der Waals surface area contributed by atoms with Crippen LogP contribution in [0.15, 0.2) is 90.1 Å². The first-order valence-electron chi connectivity index (χ1n) is 11.2. The van der Waals surface area contributed by atoms with Crippen LogP contribution in [-0.4, -0.2) is 32.9 Å². The molecule has 0 fully saturated rings. The van der Waals surface area contributed by atoms with Gasteiger partial charge in [-0.1, -0.05) is 97.5 Å². The second-order valence-corrected chi connectivity index (χ2v) is 9.08. The molecule has 5 rings (SSSR count). The highest BCUT2D eigenvalue weighted by molar-refractivity contribution is 8.00. The summed E-state index contributed by atoms with van der Waals surface area (Å²) >= 11 is 1.40. The van der Waals surface area contributed by atoms with Gasteiger partial charge in [0, 0.05) is 23.4 Å². The van der Waals surface area contributed by atoms with Gasteiger partial charge in [-0.2, -0.15) is 0 Å². The molecule has 0 bridgehead atoms. The number of carbonyl (C=O) groups is 1. The molecule has 0 aliphatic carbocycles. The Kier molecular flexibility index (Phi) is 6.17. The molecule has 3 aromatic carbocycles. The topological polar surface area (TPSA) is 59.0 Å². The first kappa shape index (κ1) is 21.3. The van der Waals surface area contributed by atoms with E-state index >= 15 is 0 Å². The molecule has 0 N–H and O–H groups in total. The van der Waals surface area contributed by atoms with Gasteiger partial charge >= 0.3 is 0 Å². The van der Waals surface area contributed by atoms with Crippen molar-refractivity contribution in [2.24, 2.45) is 0 Å². The molecule has 4 aromatic rings. The molecule has 0 saturated carbocycles. The SMILES string of the molecule is CCC(Sc1nnc(-c2ccccc2)c(-c2ccccc2)n1)C(=O)N1CCc2ccccc21. The maximum Gasteiger partial charge on any atom is 0.240 e. The van der Waals surface area contributed by atoms with Crippen LogP contribution in [0, 0.1) is 0 Å². The van der Waals surface area contributed by atoms with E-state index in [2.05, 4.69) is 16.3 Å². The second kappa shape index (κ2) is 9.55. The number of benzene rings is 3. The predicted octanol–water partition coefficient (Wildman–Crippen LogP) is 5.67. The summed E-state index contributed by atoms with van der Waals surface area (Å²) in [5, 5.41) is 9.20. The molecular weight excluding hydrogens is 428 g/mol. The number of nitrogens with zero attached hydrogens (tertiary/aromatic N) is 4. The molecule has 0 saturated heterocycles. The second-order valence-electron chi connectivity index (χ2n) is 7.91. The molecule has 33 heavy (non-hydrogen) atoms. The van der Waals surface area contributed by atoms with Gasteiger partial charge in [-0.3, -0.25) is 4.79 Å². The van der Waals surface area contributed by atoms with Crippen LogP contribution in [0.3, 0.4) is 0 Å². The molecular formula is C27H24N4OS. The van der Waals surface area contributed by atoms with Gasteiger partial charge in [-0.15, -0.1) is 10.2 Å². The van der Waals surface area contributed by atoms with Crippen LogP contribution >= 0.6 is 11.8 Å². The summed E-state index contributed by atoms with van der Waals surface area (Å²) in [4.78, 5) is 20.2. The number of para-hydroxylation sites is 1. The molecule has 1 aliphatic rings. The Morgan fingerprint density at radius 3 is 2.21 bits per heavy atom. The van der Waals surface area contributed by atoms with Crippen LogP contribution in [0.1, 0.15) is 18.9 Å². The summed E-state index contributed by atoms with van der Waals surface area (Å²) in [6.45, 7) is 2.75. The molecule has 1 aliphatic heterocycles. The lowest BCUT2D eigenvalue weighted by Crippen LogP contribution is -2.36. The number of thioether (sulfide) groups is 1. The largest absolute Gasteiger partial charge is 0.311 e. The van der Waals surface area contributed by atoms with E-state index in [0.717, 1.165) is 41.2 Å². The normalized spacial score (nSPS) is 13.5. The van der Waals surface area contributed by atoms with Crippen LogP contribution in [0.25, 0.3) is 22.5 Å². The third-order valence-corrected chi connectivity index (χ3v) is 7.01. The fourth-order valence-electron chi connectivity index (χ4n) is 4.13. The van der Waals surface area contributed by atoms with Crippen LogP contribution in [0.4, 0.5) is 5.69 Å². The first-order chi connectivity index (χ1) is 16.2. The van der Waals surface area contributed by atoms with Crippen LogP contribution in [0.2, 0.25) is 0 Å². The van der Waals surface area contributed by atoms with Crippen LogP contribution in [0.5, 0.6) is 0 Å². The van der Waals surface area contributed by atoms with Crippen molar-refractivity contribution in [3.63, 3.8) is 0 Å². The van der Waals surface area contributed by atoms with Crippen molar-refractivity contribution in [3.05, 3.63) is 90.5 Å². The summed E-state index contributed by atoms with van der Waals surface area (Å²) in [6.07, 6.45) is 1.58. The van der Waals surface area contributed by atoms with E-state index in [4.69, 9.17) is 4.98 Å². The van der Waals surface area contributed by atoms with E-state index in [1.807, 2.05) is 90.7 Å². The monoisotopic (exact) mass is 452 g/mol. The van der Waals surface area contributed by atoms with Crippen LogP contribution in [-0.2, 0) is 11.2 Å². The van der Waals surface area contributed by atoms with Gasteiger partial charge in [0.15, 0.2) is 0 Å². The zero-order chi connectivity index (χ0) is 22.6. The van der Waals surface area contributed by atoms with E-state index < -0.39 is 0 Å². The third-order valence-electron chi connectivity index (χ3n) is 5.81. The van der Waals surface area contributed by atoms with Crippen LogP contribution < -0.4 is 4.90 Å². The van der Waals surface area contributed by atoms with Gasteiger partial charge in [-0.05, 0) is 24.5 Å². The van der Waals surface area contributed by atoms with Gasteiger partial charge < -0.3 is 4.90 Å². The summed E-state index contributed by atoms with van der Waals surface area (Å²) in [7, 11) is 0. The lowest BCUT2D eigenvalue weighted by atomic mass is 10.0. The molecule has 0 spiro atoms. The van der Waals surface area contributed by atoms with Crippen molar-refractivity contribution >= 4 is 23.4 Å². The number of hydrogen-bond acceptors (Lipinski definition) is 5. The highest BCUT2D eigenvalue weighted by atomic mass is 32.2. The highest BCUT2D eigenvalue weighted by Gasteiger charge is 2.30. The van der Waals surface area contributed by atoms with Crippen molar-refractivity contribution in [2.75, 3.05) is 11.4 Å². The minimum Gasteiger partial charge on any atom is -0.311 e. The van der Waals surface area contributed by atoms with E-state index in [1.54, 1.807) is 0 Å². The number of hydrogen-bond donors (Lipinski definition) is 0. The molecule has 6 heteroatoms.